The first-order valence-electron chi connectivity index (χ1n) is 7.33. The highest BCUT2D eigenvalue weighted by Gasteiger charge is 2.28. The average Bonchev–Trinajstić information content (AvgIpc) is 2.95. The Kier molecular flexibility index (Phi) is 5.06. The number of carbonyl (C=O) groups excluding carboxylic acids is 1. The lowest BCUT2D eigenvalue weighted by Crippen LogP contribution is -2.48. The van der Waals surface area contributed by atoms with Gasteiger partial charge in [-0.2, -0.15) is 0 Å². The van der Waals surface area contributed by atoms with Crippen molar-refractivity contribution in [2.24, 2.45) is 11.8 Å². The van der Waals surface area contributed by atoms with Gasteiger partial charge in [-0.05, 0) is 30.4 Å². The summed E-state index contributed by atoms with van der Waals surface area (Å²) in [6.07, 6.45) is 4.12. The summed E-state index contributed by atoms with van der Waals surface area (Å²) in [6, 6.07) is 3.40. The minimum atomic E-state index is -0.807. The van der Waals surface area contributed by atoms with Gasteiger partial charge in [0.2, 0.25) is 0 Å². The van der Waals surface area contributed by atoms with Crippen LogP contribution in [-0.4, -0.2) is 23.7 Å². The van der Waals surface area contributed by atoms with Crippen LogP contribution in [0.1, 0.15) is 45.0 Å². The molecule has 20 heavy (non-hydrogen) atoms. The zero-order chi connectivity index (χ0) is 14.5. The number of aliphatic hydroxyl groups is 1. The van der Waals surface area contributed by atoms with E-state index < -0.39 is 6.10 Å². The number of hydrogen-bond donors (Lipinski definition) is 3. The maximum atomic E-state index is 11.9. The van der Waals surface area contributed by atoms with E-state index in [2.05, 4.69) is 24.5 Å². The largest absolute Gasteiger partial charge is 0.467 e. The highest BCUT2D eigenvalue weighted by atomic mass is 16.4. The molecule has 0 spiro atoms. The van der Waals surface area contributed by atoms with Gasteiger partial charge in [0.05, 0.1) is 12.8 Å². The molecule has 2 rings (SSSR count). The lowest BCUT2D eigenvalue weighted by molar-refractivity contribution is 0.145. The number of furan rings is 1. The Hall–Kier alpha value is -1.49. The van der Waals surface area contributed by atoms with E-state index >= 15 is 0 Å². The van der Waals surface area contributed by atoms with Gasteiger partial charge < -0.3 is 20.2 Å². The predicted molar refractivity (Wildman–Crippen MR) is 76.2 cm³/mol. The second kappa shape index (κ2) is 6.79. The monoisotopic (exact) mass is 280 g/mol. The van der Waals surface area contributed by atoms with Crippen LogP contribution in [0.15, 0.2) is 22.8 Å². The van der Waals surface area contributed by atoms with Crippen molar-refractivity contribution in [3.63, 3.8) is 0 Å². The minimum Gasteiger partial charge on any atom is -0.467 e. The van der Waals surface area contributed by atoms with Crippen LogP contribution in [0.2, 0.25) is 0 Å². The van der Waals surface area contributed by atoms with Gasteiger partial charge in [-0.25, -0.2) is 4.79 Å². The molecule has 0 saturated heterocycles. The number of aliphatic hydroxyl groups excluding tert-OH is 1. The Morgan fingerprint density at radius 2 is 2.30 bits per heavy atom. The Balaban J connectivity index is 1.75. The van der Waals surface area contributed by atoms with E-state index in [1.54, 1.807) is 12.1 Å². The summed E-state index contributed by atoms with van der Waals surface area (Å²) in [7, 11) is 0. The normalized spacial score (nSPS) is 27.9. The highest BCUT2D eigenvalue weighted by Crippen LogP contribution is 2.29. The van der Waals surface area contributed by atoms with Gasteiger partial charge in [-0.3, -0.25) is 0 Å². The molecule has 1 fully saturated rings. The van der Waals surface area contributed by atoms with E-state index in [-0.39, 0.29) is 18.6 Å². The molecule has 1 aromatic heterocycles. The van der Waals surface area contributed by atoms with Gasteiger partial charge in [-0.15, -0.1) is 0 Å². The van der Waals surface area contributed by atoms with E-state index in [4.69, 9.17) is 4.42 Å². The third-order valence-corrected chi connectivity index (χ3v) is 4.35. The summed E-state index contributed by atoms with van der Waals surface area (Å²) >= 11 is 0. The van der Waals surface area contributed by atoms with Crippen molar-refractivity contribution in [3.05, 3.63) is 24.2 Å². The molecule has 1 aliphatic carbocycles. The van der Waals surface area contributed by atoms with Gasteiger partial charge in [0.15, 0.2) is 0 Å². The third kappa shape index (κ3) is 3.76. The van der Waals surface area contributed by atoms with Crippen molar-refractivity contribution in [3.8, 4) is 0 Å². The van der Waals surface area contributed by atoms with Crippen LogP contribution < -0.4 is 10.6 Å². The lowest BCUT2D eigenvalue weighted by atomic mass is 9.78. The molecular formula is C15H24N2O3. The average molecular weight is 280 g/mol. The van der Waals surface area contributed by atoms with Crippen LogP contribution in [0.3, 0.4) is 0 Å². The van der Waals surface area contributed by atoms with E-state index in [1.807, 2.05) is 0 Å². The second-order valence-electron chi connectivity index (χ2n) is 5.76. The standard InChI is InChI=1S/C15H24N2O3/c1-10-5-3-6-12(11(10)2)17-15(19)16-9-13(18)14-7-4-8-20-14/h4,7-8,10-13,18H,3,5-6,9H2,1-2H3,(H2,16,17,19). The first-order chi connectivity index (χ1) is 9.58. The first-order valence-corrected chi connectivity index (χ1v) is 7.33. The summed E-state index contributed by atoms with van der Waals surface area (Å²) in [5, 5.41) is 15.5. The van der Waals surface area contributed by atoms with Crippen molar-refractivity contribution in [1.29, 1.82) is 0 Å². The maximum absolute atomic E-state index is 11.9. The van der Waals surface area contributed by atoms with Crippen molar-refractivity contribution in [2.75, 3.05) is 6.54 Å². The predicted octanol–water partition coefficient (Wildman–Crippen LogP) is 2.44. The molecule has 2 amide bonds. The Morgan fingerprint density at radius 3 is 3.00 bits per heavy atom. The molecule has 5 heteroatoms. The van der Waals surface area contributed by atoms with Crippen LogP contribution in [-0.2, 0) is 0 Å². The van der Waals surface area contributed by atoms with Gasteiger partial charge >= 0.3 is 6.03 Å². The van der Waals surface area contributed by atoms with E-state index in [1.165, 1.54) is 12.7 Å². The number of carbonyl (C=O) groups is 1. The Morgan fingerprint density at radius 1 is 1.50 bits per heavy atom. The molecule has 4 atom stereocenters. The fourth-order valence-electron chi connectivity index (χ4n) is 2.78. The van der Waals surface area contributed by atoms with Crippen LogP contribution >= 0.6 is 0 Å². The molecule has 5 nitrogen and oxygen atoms in total. The van der Waals surface area contributed by atoms with Crippen LogP contribution in [0.5, 0.6) is 0 Å². The van der Waals surface area contributed by atoms with Crippen molar-refractivity contribution in [1.82, 2.24) is 10.6 Å². The number of nitrogens with one attached hydrogen (secondary N) is 2. The fourth-order valence-corrected chi connectivity index (χ4v) is 2.78. The summed E-state index contributed by atoms with van der Waals surface area (Å²) in [5.74, 6) is 1.59. The molecule has 1 saturated carbocycles. The lowest BCUT2D eigenvalue weighted by Gasteiger charge is -2.34. The molecule has 1 aliphatic rings. The van der Waals surface area contributed by atoms with Crippen molar-refractivity contribution in [2.45, 2.75) is 45.3 Å². The summed E-state index contributed by atoms with van der Waals surface area (Å²) in [6.45, 7) is 4.57. The molecule has 0 aliphatic heterocycles. The number of urea groups is 1. The molecule has 3 N–H and O–H groups in total. The number of amides is 2. The Bertz CT molecular complexity index is 419. The summed E-state index contributed by atoms with van der Waals surface area (Å²) in [5.41, 5.74) is 0. The van der Waals surface area contributed by atoms with E-state index in [0.717, 1.165) is 12.8 Å². The fraction of sp³-hybridized carbons (Fsp3) is 0.667. The van der Waals surface area contributed by atoms with Crippen LogP contribution in [0, 0.1) is 11.8 Å². The Labute approximate surface area is 119 Å². The zero-order valence-electron chi connectivity index (χ0n) is 12.1. The molecule has 4 unspecified atom stereocenters. The molecular weight excluding hydrogens is 256 g/mol. The van der Waals surface area contributed by atoms with Gasteiger partial charge in [0.25, 0.3) is 0 Å². The minimum absolute atomic E-state index is 0.149. The first kappa shape index (κ1) is 14.9. The van der Waals surface area contributed by atoms with Gasteiger partial charge in [0.1, 0.15) is 11.9 Å². The van der Waals surface area contributed by atoms with Gasteiger partial charge in [0, 0.05) is 6.04 Å². The van der Waals surface area contributed by atoms with Crippen molar-refractivity contribution < 1.29 is 14.3 Å². The third-order valence-electron chi connectivity index (χ3n) is 4.35. The molecule has 0 radical (unpaired) electrons. The van der Waals surface area contributed by atoms with Gasteiger partial charge in [-0.1, -0.05) is 26.7 Å². The quantitative estimate of drug-likeness (QED) is 0.793. The van der Waals surface area contributed by atoms with E-state index in [9.17, 15) is 9.90 Å². The zero-order valence-corrected chi connectivity index (χ0v) is 12.1. The molecule has 1 heterocycles. The second-order valence-corrected chi connectivity index (χ2v) is 5.76. The summed E-state index contributed by atoms with van der Waals surface area (Å²) in [4.78, 5) is 11.9. The van der Waals surface area contributed by atoms with Crippen LogP contribution in [0.25, 0.3) is 0 Å². The maximum Gasteiger partial charge on any atom is 0.315 e. The molecule has 0 aromatic carbocycles. The van der Waals surface area contributed by atoms with Crippen molar-refractivity contribution >= 4 is 6.03 Å². The molecule has 0 bridgehead atoms. The SMILES string of the molecule is CC1CCCC(NC(=O)NCC(O)c2ccco2)C1C. The van der Waals surface area contributed by atoms with Crippen LogP contribution in [0.4, 0.5) is 4.79 Å². The highest BCUT2D eigenvalue weighted by molar-refractivity contribution is 5.74. The molecule has 1 aromatic rings. The number of rotatable bonds is 4. The molecule has 112 valence electrons. The topological polar surface area (TPSA) is 74.5 Å². The van der Waals surface area contributed by atoms with E-state index in [0.29, 0.717) is 17.6 Å². The number of hydrogen-bond acceptors (Lipinski definition) is 3. The smallest absolute Gasteiger partial charge is 0.315 e. The summed E-state index contributed by atoms with van der Waals surface area (Å²) < 4.78 is 5.09.